The molecule has 0 saturated heterocycles. The van der Waals surface area contributed by atoms with Crippen LogP contribution < -0.4 is 11.1 Å². The summed E-state index contributed by atoms with van der Waals surface area (Å²) in [5, 5.41) is 12.0. The molecule has 0 radical (unpaired) electrons. The lowest BCUT2D eigenvalue weighted by Crippen LogP contribution is -2.22. The third kappa shape index (κ3) is 5.26. The van der Waals surface area contributed by atoms with Gasteiger partial charge in [-0.15, -0.1) is 5.11 Å². The number of azo groups is 1. The van der Waals surface area contributed by atoms with E-state index in [2.05, 4.69) is 30.5 Å². The lowest BCUT2D eigenvalue weighted by atomic mass is 10.1. The molecule has 36 heavy (non-hydrogen) atoms. The Morgan fingerprint density at radius 3 is 2.72 bits per heavy atom. The Labute approximate surface area is 213 Å². The molecule has 5 rings (SSSR count). The molecule has 1 amide bonds. The lowest BCUT2D eigenvalue weighted by Gasteiger charge is -2.10. The predicted molar refractivity (Wildman–Crippen MR) is 142 cm³/mol. The van der Waals surface area contributed by atoms with E-state index in [1.165, 1.54) is 11.3 Å². The molecule has 0 aliphatic rings. The number of rotatable bonds is 7. The molecular formula is C27H23N7OS. The molecule has 0 aliphatic carbocycles. The number of nitrogens with one attached hydrogen (secondary N) is 1. The second kappa shape index (κ2) is 10.4. The molecule has 0 bridgehead atoms. The highest BCUT2D eigenvalue weighted by Gasteiger charge is 2.14. The zero-order chi connectivity index (χ0) is 25.8. The second-order valence-electron chi connectivity index (χ2n) is 8.06. The number of carbonyl (C=O) groups excluding carboxylic acids is 1. The summed E-state index contributed by atoms with van der Waals surface area (Å²) in [4.78, 5) is 25.9. The molecule has 8 nitrogen and oxygen atoms in total. The van der Waals surface area contributed by atoms with Crippen molar-refractivity contribution in [2.24, 2.45) is 10.2 Å². The summed E-state index contributed by atoms with van der Waals surface area (Å²) in [7, 11) is 0. The van der Waals surface area contributed by atoms with Gasteiger partial charge in [0.25, 0.3) is 5.91 Å². The van der Waals surface area contributed by atoms with E-state index in [1.54, 1.807) is 31.2 Å². The number of anilines is 1. The van der Waals surface area contributed by atoms with Crippen LogP contribution in [-0.4, -0.2) is 20.9 Å². The van der Waals surface area contributed by atoms with Crippen LogP contribution in [0.4, 0.5) is 10.9 Å². The van der Waals surface area contributed by atoms with Crippen LogP contribution in [0.15, 0.2) is 95.3 Å². The quantitative estimate of drug-likeness (QED) is 0.265. The van der Waals surface area contributed by atoms with Crippen LogP contribution in [0, 0.1) is 0 Å². The molecule has 3 aromatic carbocycles. The van der Waals surface area contributed by atoms with Gasteiger partial charge in [-0.3, -0.25) is 9.78 Å². The average molecular weight is 495 g/mol. The Morgan fingerprint density at radius 2 is 1.89 bits per heavy atom. The number of nitrogens with zero attached hydrogens (tertiary/aromatic N) is 5. The minimum Gasteiger partial charge on any atom is -0.382 e. The molecule has 2 aromatic heterocycles. The molecule has 0 aliphatic heterocycles. The maximum absolute atomic E-state index is 12.7. The first-order chi connectivity index (χ1) is 18.0. The highest BCUT2D eigenvalue weighted by Crippen LogP contribution is 2.30. The lowest BCUT2D eigenvalue weighted by molar-refractivity contribution is 0.0951. The second-order valence-corrected chi connectivity index (χ2v) is 9.07. The van der Waals surface area contributed by atoms with Crippen molar-refractivity contribution in [3.8, 4) is 11.3 Å². The van der Waals surface area contributed by atoms with E-state index in [9.17, 15) is 4.79 Å². The minimum absolute atomic E-state index is 0.0620. The molecule has 0 saturated carbocycles. The van der Waals surface area contributed by atoms with Gasteiger partial charge in [0.15, 0.2) is 0 Å². The molecule has 9 heteroatoms. The van der Waals surface area contributed by atoms with Crippen molar-refractivity contribution < 1.29 is 6.17 Å². The summed E-state index contributed by atoms with van der Waals surface area (Å²) in [5.74, 6) is -0.0700. The predicted octanol–water partition coefficient (Wildman–Crippen LogP) is 6.11. The van der Waals surface area contributed by atoms with E-state index in [4.69, 9.17) is 7.10 Å². The van der Waals surface area contributed by atoms with Crippen LogP contribution in [-0.2, 0) is 6.54 Å². The SMILES string of the molecule is [2H]c1nc(C(C)N=Nc2nc3ccccc3s2)c(N)nc1-c1cccc(C(=O)NCc2ccccc2)c1. The Hall–Kier alpha value is -4.50. The van der Waals surface area contributed by atoms with Gasteiger partial charge in [0.2, 0.25) is 5.13 Å². The number of amides is 1. The van der Waals surface area contributed by atoms with E-state index in [0.29, 0.717) is 28.5 Å². The topological polar surface area (TPSA) is 119 Å². The van der Waals surface area contributed by atoms with Gasteiger partial charge in [-0.2, -0.15) is 5.11 Å². The van der Waals surface area contributed by atoms with Gasteiger partial charge in [0.1, 0.15) is 17.6 Å². The summed E-state index contributed by atoms with van der Waals surface area (Å²) in [5.41, 5.74) is 9.76. The fraction of sp³-hybridized carbons (Fsp3) is 0.111. The van der Waals surface area contributed by atoms with Crippen LogP contribution in [0.25, 0.3) is 21.5 Å². The number of fused-ring (bicyclic) bond motifs is 1. The number of para-hydroxylation sites is 1. The van der Waals surface area contributed by atoms with E-state index < -0.39 is 6.04 Å². The highest BCUT2D eigenvalue weighted by atomic mass is 32.1. The van der Waals surface area contributed by atoms with Gasteiger partial charge in [0.05, 0.1) is 23.5 Å². The summed E-state index contributed by atoms with van der Waals surface area (Å²) in [6, 6.07) is 23.8. The Bertz CT molecular complexity index is 1570. The first-order valence-electron chi connectivity index (χ1n) is 11.8. The Kier molecular flexibility index (Phi) is 6.36. The van der Waals surface area contributed by atoms with Crippen molar-refractivity contribution >= 4 is 38.4 Å². The van der Waals surface area contributed by atoms with Crippen LogP contribution in [0.3, 0.4) is 0 Å². The average Bonchev–Trinajstić information content (AvgIpc) is 3.35. The summed E-state index contributed by atoms with van der Waals surface area (Å²) in [6.07, 6.45) is -0.0620. The molecule has 5 aromatic rings. The van der Waals surface area contributed by atoms with Gasteiger partial charge in [-0.05, 0) is 36.8 Å². The number of hydrogen-bond donors (Lipinski definition) is 2. The van der Waals surface area contributed by atoms with Crippen LogP contribution in [0.1, 0.15) is 36.0 Å². The van der Waals surface area contributed by atoms with Crippen molar-refractivity contribution in [2.45, 2.75) is 19.5 Å². The molecule has 1 unspecified atom stereocenters. The fourth-order valence-electron chi connectivity index (χ4n) is 3.59. The molecular weight excluding hydrogens is 470 g/mol. The Morgan fingerprint density at radius 1 is 1.08 bits per heavy atom. The molecule has 2 heterocycles. The largest absolute Gasteiger partial charge is 0.382 e. The number of carbonyl (C=O) groups is 1. The zero-order valence-corrected chi connectivity index (χ0v) is 20.2. The number of thiazole rings is 1. The van der Waals surface area contributed by atoms with Crippen LogP contribution in [0.2, 0.25) is 0 Å². The molecule has 1 atom stereocenters. The maximum Gasteiger partial charge on any atom is 0.251 e. The molecule has 3 N–H and O–H groups in total. The number of hydrogen-bond acceptors (Lipinski definition) is 8. The van der Waals surface area contributed by atoms with Gasteiger partial charge in [-0.1, -0.05) is 65.9 Å². The number of benzene rings is 3. The monoisotopic (exact) mass is 494 g/mol. The van der Waals surface area contributed by atoms with Crippen molar-refractivity contribution in [1.29, 1.82) is 0 Å². The molecule has 0 fully saturated rings. The summed E-state index contributed by atoms with van der Waals surface area (Å²) >= 11 is 1.44. The van der Waals surface area contributed by atoms with Crippen molar-refractivity contribution in [2.75, 3.05) is 5.73 Å². The summed E-state index contributed by atoms with van der Waals surface area (Å²) < 4.78 is 9.49. The fourth-order valence-corrected chi connectivity index (χ4v) is 4.38. The number of nitrogens with two attached hydrogens (primary N) is 1. The van der Waals surface area contributed by atoms with Crippen molar-refractivity contribution in [3.63, 3.8) is 0 Å². The maximum atomic E-state index is 12.7. The van der Waals surface area contributed by atoms with E-state index in [-0.39, 0.29) is 23.6 Å². The Balaban J connectivity index is 1.33. The highest BCUT2D eigenvalue weighted by molar-refractivity contribution is 7.21. The van der Waals surface area contributed by atoms with Crippen molar-refractivity contribution in [3.05, 3.63) is 102 Å². The minimum atomic E-state index is -0.521. The van der Waals surface area contributed by atoms with E-state index >= 15 is 0 Å². The van der Waals surface area contributed by atoms with Crippen molar-refractivity contribution in [1.82, 2.24) is 20.3 Å². The smallest absolute Gasteiger partial charge is 0.251 e. The summed E-state index contributed by atoms with van der Waals surface area (Å²) in [6.45, 7) is 2.20. The number of aromatic nitrogens is 3. The molecule has 178 valence electrons. The number of nitrogen functional groups attached to an aromatic ring is 1. The van der Waals surface area contributed by atoms with E-state index in [0.717, 1.165) is 15.8 Å². The standard InChI is InChI=1S/C27H23N7OS/c1-17(33-34-27-32-21-12-5-6-13-23(21)36-27)24-25(28)31-22(16-29-24)19-10-7-11-20(14-19)26(35)30-15-18-8-3-2-4-9-18/h2-14,16-17H,15H2,1H3,(H2,28,31)(H,30,35)/i16D. The van der Waals surface area contributed by atoms with Gasteiger partial charge >= 0.3 is 0 Å². The third-order valence-electron chi connectivity index (χ3n) is 5.47. The first kappa shape index (κ1) is 22.0. The first-order valence-corrected chi connectivity index (χ1v) is 12.1. The normalized spacial score (nSPS) is 12.5. The van der Waals surface area contributed by atoms with E-state index in [1.807, 2.05) is 54.6 Å². The zero-order valence-electron chi connectivity index (χ0n) is 20.4. The van der Waals surface area contributed by atoms with Crippen LogP contribution in [0.5, 0.6) is 0 Å². The van der Waals surface area contributed by atoms with Gasteiger partial charge in [-0.25, -0.2) is 9.97 Å². The van der Waals surface area contributed by atoms with Gasteiger partial charge < -0.3 is 11.1 Å². The molecule has 0 spiro atoms. The van der Waals surface area contributed by atoms with Crippen LogP contribution >= 0.6 is 11.3 Å². The van der Waals surface area contributed by atoms with Gasteiger partial charge in [0, 0.05) is 17.7 Å². The third-order valence-corrected chi connectivity index (χ3v) is 6.39.